The summed E-state index contributed by atoms with van der Waals surface area (Å²) in [5, 5.41) is 13.2. The summed E-state index contributed by atoms with van der Waals surface area (Å²) in [6.07, 6.45) is 2.22. The maximum Gasteiger partial charge on any atom is 0.220 e. The summed E-state index contributed by atoms with van der Waals surface area (Å²) in [6, 6.07) is 17.8. The third kappa shape index (κ3) is 5.61. The van der Waals surface area contributed by atoms with Gasteiger partial charge in [0.25, 0.3) is 0 Å². The number of carbonyl (C=O) groups is 1. The molecule has 0 fully saturated rings. The van der Waals surface area contributed by atoms with E-state index in [-0.39, 0.29) is 11.9 Å². The van der Waals surface area contributed by atoms with Gasteiger partial charge in [-0.1, -0.05) is 60.6 Å². The van der Waals surface area contributed by atoms with Crippen LogP contribution in [0.25, 0.3) is 17.1 Å². The second kappa shape index (κ2) is 10.5. The van der Waals surface area contributed by atoms with E-state index in [1.165, 1.54) is 0 Å². The molecule has 7 heteroatoms. The number of halogens is 1. The summed E-state index contributed by atoms with van der Waals surface area (Å²) in [5.74, 6) is 1.58. The lowest BCUT2D eigenvalue weighted by molar-refractivity contribution is -0.121. The number of hydrogen-bond donors (Lipinski definition) is 1. The lowest BCUT2D eigenvalue weighted by Gasteiger charge is -2.12. The number of thioether (sulfide) groups is 1. The van der Waals surface area contributed by atoms with Crippen molar-refractivity contribution in [3.8, 4) is 17.1 Å². The fourth-order valence-corrected chi connectivity index (χ4v) is 3.95. The summed E-state index contributed by atoms with van der Waals surface area (Å²) in [4.78, 5) is 12.0. The molecule has 0 saturated heterocycles. The van der Waals surface area contributed by atoms with Crippen LogP contribution in [0.1, 0.15) is 33.1 Å². The van der Waals surface area contributed by atoms with Crippen molar-refractivity contribution in [3.63, 3.8) is 0 Å². The molecular formula is C22H25ClN4OS. The minimum atomic E-state index is 0.0984. The minimum absolute atomic E-state index is 0.0984. The van der Waals surface area contributed by atoms with Gasteiger partial charge in [-0.05, 0) is 44.0 Å². The minimum Gasteiger partial charge on any atom is -0.354 e. The Morgan fingerprint density at radius 3 is 2.59 bits per heavy atom. The van der Waals surface area contributed by atoms with E-state index in [2.05, 4.69) is 22.4 Å². The fourth-order valence-electron chi connectivity index (χ4n) is 2.84. The molecule has 1 atom stereocenters. The van der Waals surface area contributed by atoms with Gasteiger partial charge in [-0.2, -0.15) is 0 Å². The van der Waals surface area contributed by atoms with E-state index in [0.29, 0.717) is 17.3 Å². The van der Waals surface area contributed by atoms with Crippen LogP contribution in [0.4, 0.5) is 0 Å². The fraction of sp³-hybridized carbons (Fsp3) is 0.318. The Labute approximate surface area is 180 Å². The van der Waals surface area contributed by atoms with Gasteiger partial charge < -0.3 is 5.32 Å². The number of para-hydroxylation sites is 1. The van der Waals surface area contributed by atoms with Crippen molar-refractivity contribution in [1.82, 2.24) is 20.1 Å². The van der Waals surface area contributed by atoms with Crippen LogP contribution in [0.2, 0.25) is 5.02 Å². The van der Waals surface area contributed by atoms with Crippen LogP contribution in [-0.4, -0.2) is 32.5 Å². The predicted octanol–water partition coefficient (Wildman–Crippen LogP) is 5.37. The first-order valence-electron chi connectivity index (χ1n) is 9.78. The molecule has 1 N–H and O–H groups in total. The van der Waals surface area contributed by atoms with E-state index in [9.17, 15) is 4.79 Å². The second-order valence-electron chi connectivity index (χ2n) is 6.79. The molecule has 1 amide bonds. The van der Waals surface area contributed by atoms with Gasteiger partial charge in [0.1, 0.15) is 0 Å². The maximum atomic E-state index is 12.0. The molecule has 0 bridgehead atoms. The van der Waals surface area contributed by atoms with Gasteiger partial charge in [-0.25, -0.2) is 0 Å². The standard InChI is InChI=1S/C22H25ClN4OS/c1-3-16(2)24-20(28)14-9-15-29-22-26-25-21(18-12-7-8-13-19(18)23)27(22)17-10-5-4-6-11-17/h4-8,10-13,16H,3,9,14-15H2,1-2H3,(H,24,28). The van der Waals surface area contributed by atoms with E-state index < -0.39 is 0 Å². The number of amides is 1. The van der Waals surface area contributed by atoms with E-state index >= 15 is 0 Å². The molecular weight excluding hydrogens is 404 g/mol. The van der Waals surface area contributed by atoms with Crippen molar-refractivity contribution in [2.75, 3.05) is 5.75 Å². The van der Waals surface area contributed by atoms with Crippen LogP contribution in [0, 0.1) is 0 Å². The molecule has 2 aromatic carbocycles. The molecule has 0 aliphatic carbocycles. The van der Waals surface area contributed by atoms with Crippen molar-refractivity contribution < 1.29 is 4.79 Å². The van der Waals surface area contributed by atoms with Crippen LogP contribution in [0.15, 0.2) is 59.8 Å². The number of aromatic nitrogens is 3. The number of benzene rings is 2. The highest BCUT2D eigenvalue weighted by atomic mass is 35.5. The number of nitrogens with zero attached hydrogens (tertiary/aromatic N) is 3. The normalized spacial score (nSPS) is 12.0. The average Bonchev–Trinajstić information content (AvgIpc) is 3.15. The Kier molecular flexibility index (Phi) is 7.72. The molecule has 0 aliphatic rings. The lowest BCUT2D eigenvalue weighted by Crippen LogP contribution is -2.31. The van der Waals surface area contributed by atoms with Crippen molar-refractivity contribution in [3.05, 3.63) is 59.6 Å². The van der Waals surface area contributed by atoms with Gasteiger partial charge in [0.2, 0.25) is 5.91 Å². The van der Waals surface area contributed by atoms with Gasteiger partial charge in [-0.15, -0.1) is 10.2 Å². The predicted molar refractivity (Wildman–Crippen MR) is 120 cm³/mol. The van der Waals surface area contributed by atoms with Crippen molar-refractivity contribution in [1.29, 1.82) is 0 Å². The van der Waals surface area contributed by atoms with Gasteiger partial charge in [-0.3, -0.25) is 9.36 Å². The van der Waals surface area contributed by atoms with E-state index in [1.807, 2.05) is 66.1 Å². The first kappa shape index (κ1) is 21.4. The topological polar surface area (TPSA) is 59.8 Å². The molecule has 152 valence electrons. The molecule has 5 nitrogen and oxygen atoms in total. The van der Waals surface area contributed by atoms with Crippen molar-refractivity contribution in [2.45, 2.75) is 44.3 Å². The highest BCUT2D eigenvalue weighted by molar-refractivity contribution is 7.99. The van der Waals surface area contributed by atoms with Crippen LogP contribution in [0.5, 0.6) is 0 Å². The lowest BCUT2D eigenvalue weighted by atomic mass is 10.2. The van der Waals surface area contributed by atoms with Crippen molar-refractivity contribution >= 4 is 29.3 Å². The Bertz CT molecular complexity index is 945. The van der Waals surface area contributed by atoms with Crippen LogP contribution < -0.4 is 5.32 Å². The molecule has 29 heavy (non-hydrogen) atoms. The number of carbonyl (C=O) groups excluding carboxylic acids is 1. The molecule has 3 aromatic rings. The zero-order valence-electron chi connectivity index (χ0n) is 16.6. The first-order valence-corrected chi connectivity index (χ1v) is 11.1. The van der Waals surface area contributed by atoms with Gasteiger partial charge in [0.05, 0.1) is 5.02 Å². The molecule has 3 rings (SSSR count). The van der Waals surface area contributed by atoms with Gasteiger partial charge in [0, 0.05) is 29.5 Å². The SMILES string of the molecule is CCC(C)NC(=O)CCCSc1nnc(-c2ccccc2Cl)n1-c1ccccc1. The smallest absolute Gasteiger partial charge is 0.220 e. The van der Waals surface area contributed by atoms with Gasteiger partial charge in [0.15, 0.2) is 11.0 Å². The van der Waals surface area contributed by atoms with Gasteiger partial charge >= 0.3 is 0 Å². The Balaban J connectivity index is 1.76. The summed E-state index contributed by atoms with van der Waals surface area (Å²) >= 11 is 8.01. The molecule has 1 heterocycles. The van der Waals surface area contributed by atoms with Crippen molar-refractivity contribution in [2.24, 2.45) is 0 Å². The molecule has 1 unspecified atom stereocenters. The van der Waals surface area contributed by atoms with E-state index in [1.54, 1.807) is 11.8 Å². The number of nitrogens with one attached hydrogen (secondary N) is 1. The Hall–Kier alpha value is -2.31. The van der Waals surface area contributed by atoms with Crippen LogP contribution >= 0.6 is 23.4 Å². The first-order chi connectivity index (χ1) is 14.1. The highest BCUT2D eigenvalue weighted by Gasteiger charge is 2.18. The highest BCUT2D eigenvalue weighted by Crippen LogP contribution is 2.32. The van der Waals surface area contributed by atoms with E-state index in [0.717, 1.165) is 35.0 Å². The largest absolute Gasteiger partial charge is 0.354 e. The molecule has 1 aromatic heterocycles. The molecule has 0 saturated carbocycles. The summed E-state index contributed by atoms with van der Waals surface area (Å²) in [6.45, 7) is 4.08. The van der Waals surface area contributed by atoms with Crippen LogP contribution in [-0.2, 0) is 4.79 Å². The number of rotatable bonds is 9. The summed E-state index contributed by atoms with van der Waals surface area (Å²) < 4.78 is 2.02. The summed E-state index contributed by atoms with van der Waals surface area (Å²) in [7, 11) is 0. The third-order valence-electron chi connectivity index (χ3n) is 4.56. The maximum absolute atomic E-state index is 12.0. The van der Waals surface area contributed by atoms with E-state index in [4.69, 9.17) is 11.6 Å². The van der Waals surface area contributed by atoms with Crippen LogP contribution in [0.3, 0.4) is 0 Å². The quantitative estimate of drug-likeness (QED) is 0.367. The number of hydrogen-bond acceptors (Lipinski definition) is 4. The average molecular weight is 429 g/mol. The molecule has 0 aliphatic heterocycles. The zero-order chi connectivity index (χ0) is 20.6. The third-order valence-corrected chi connectivity index (χ3v) is 5.91. The summed E-state index contributed by atoms with van der Waals surface area (Å²) in [5.41, 5.74) is 1.81. The Morgan fingerprint density at radius 1 is 1.14 bits per heavy atom. The zero-order valence-corrected chi connectivity index (χ0v) is 18.2. The second-order valence-corrected chi connectivity index (χ2v) is 8.26. The molecule has 0 spiro atoms. The molecule has 0 radical (unpaired) electrons. The monoisotopic (exact) mass is 428 g/mol. The Morgan fingerprint density at radius 2 is 1.86 bits per heavy atom.